The third kappa shape index (κ3) is 4.08. The molecule has 1 fully saturated rings. The molecule has 3 N–H and O–H groups in total. The van der Waals surface area contributed by atoms with Crippen LogP contribution in [-0.2, 0) is 4.79 Å². The lowest BCUT2D eigenvalue weighted by molar-refractivity contribution is -0.137. The van der Waals surface area contributed by atoms with Gasteiger partial charge in [-0.05, 0) is 39.5 Å². The Morgan fingerprint density at radius 2 is 2.06 bits per heavy atom. The minimum absolute atomic E-state index is 0.0589. The van der Waals surface area contributed by atoms with Gasteiger partial charge in [0.25, 0.3) is 0 Å². The molecule has 1 rings (SSSR count). The summed E-state index contributed by atoms with van der Waals surface area (Å²) in [6.45, 7) is 3.84. The third-order valence-corrected chi connectivity index (χ3v) is 3.04. The normalized spacial score (nSPS) is 19.4. The Morgan fingerprint density at radius 1 is 1.44 bits per heavy atom. The molecule has 0 spiro atoms. The molecule has 0 aromatic carbocycles. The van der Waals surface area contributed by atoms with Crippen molar-refractivity contribution in [2.75, 3.05) is 0 Å². The lowest BCUT2D eigenvalue weighted by Crippen LogP contribution is -2.55. The van der Waals surface area contributed by atoms with Gasteiger partial charge in [-0.15, -0.1) is 0 Å². The first-order valence-corrected chi connectivity index (χ1v) is 5.72. The number of rotatable bonds is 5. The van der Waals surface area contributed by atoms with E-state index in [4.69, 9.17) is 5.11 Å². The van der Waals surface area contributed by atoms with E-state index in [2.05, 4.69) is 10.6 Å². The zero-order chi connectivity index (χ0) is 12.2. The van der Waals surface area contributed by atoms with E-state index in [0.717, 1.165) is 19.3 Å². The van der Waals surface area contributed by atoms with Crippen molar-refractivity contribution in [1.82, 2.24) is 10.6 Å². The van der Waals surface area contributed by atoms with E-state index in [0.29, 0.717) is 6.42 Å². The lowest BCUT2D eigenvalue weighted by Gasteiger charge is -2.39. The maximum absolute atomic E-state index is 11.5. The number of urea groups is 1. The number of aliphatic carboxylic acids is 1. The van der Waals surface area contributed by atoms with Gasteiger partial charge >= 0.3 is 12.0 Å². The molecule has 1 aliphatic carbocycles. The van der Waals surface area contributed by atoms with Crippen LogP contribution in [0.5, 0.6) is 0 Å². The Kier molecular flexibility index (Phi) is 4.15. The molecule has 0 aromatic heterocycles. The SMILES string of the molecule is CC(CCC(=O)O)NC(=O)NC1(C)CCC1. The van der Waals surface area contributed by atoms with Gasteiger partial charge in [-0.1, -0.05) is 0 Å². The number of carbonyl (C=O) groups excluding carboxylic acids is 1. The Morgan fingerprint density at radius 3 is 2.50 bits per heavy atom. The second kappa shape index (κ2) is 5.18. The summed E-state index contributed by atoms with van der Waals surface area (Å²) < 4.78 is 0. The summed E-state index contributed by atoms with van der Waals surface area (Å²) in [5, 5.41) is 14.2. The number of hydrogen-bond donors (Lipinski definition) is 3. The Labute approximate surface area is 95.6 Å². The van der Waals surface area contributed by atoms with Crippen LogP contribution < -0.4 is 10.6 Å². The number of hydrogen-bond acceptors (Lipinski definition) is 2. The van der Waals surface area contributed by atoms with E-state index in [1.165, 1.54) is 0 Å². The minimum Gasteiger partial charge on any atom is -0.481 e. The number of carboxylic acid groups (broad SMARTS) is 1. The van der Waals surface area contributed by atoms with Crippen molar-refractivity contribution < 1.29 is 14.7 Å². The van der Waals surface area contributed by atoms with Crippen molar-refractivity contribution in [2.45, 2.75) is 57.5 Å². The topological polar surface area (TPSA) is 78.4 Å². The molecule has 0 aromatic rings. The first-order valence-electron chi connectivity index (χ1n) is 5.72. The highest BCUT2D eigenvalue weighted by Gasteiger charge is 2.33. The van der Waals surface area contributed by atoms with Gasteiger partial charge in [0.05, 0.1) is 0 Å². The van der Waals surface area contributed by atoms with Gasteiger partial charge in [0, 0.05) is 18.0 Å². The predicted molar refractivity (Wildman–Crippen MR) is 60.3 cm³/mol. The molecular weight excluding hydrogens is 208 g/mol. The fourth-order valence-electron chi connectivity index (χ4n) is 1.78. The molecule has 16 heavy (non-hydrogen) atoms. The van der Waals surface area contributed by atoms with E-state index in [1.54, 1.807) is 0 Å². The number of nitrogens with one attached hydrogen (secondary N) is 2. The molecule has 0 aliphatic heterocycles. The highest BCUT2D eigenvalue weighted by atomic mass is 16.4. The van der Waals surface area contributed by atoms with Gasteiger partial charge in [0.15, 0.2) is 0 Å². The molecule has 92 valence electrons. The Hall–Kier alpha value is -1.26. The van der Waals surface area contributed by atoms with Crippen LogP contribution in [0.4, 0.5) is 4.79 Å². The summed E-state index contributed by atoms with van der Waals surface area (Å²) in [5.41, 5.74) is -0.0589. The average molecular weight is 228 g/mol. The van der Waals surface area contributed by atoms with Crippen LogP contribution in [0.3, 0.4) is 0 Å². The van der Waals surface area contributed by atoms with Gasteiger partial charge in [0.2, 0.25) is 0 Å². The summed E-state index contributed by atoms with van der Waals surface area (Å²) in [4.78, 5) is 21.9. The van der Waals surface area contributed by atoms with Crippen LogP contribution in [0.15, 0.2) is 0 Å². The zero-order valence-electron chi connectivity index (χ0n) is 9.88. The second-order valence-electron chi connectivity index (χ2n) is 4.85. The highest BCUT2D eigenvalue weighted by Crippen LogP contribution is 2.30. The quantitative estimate of drug-likeness (QED) is 0.667. The summed E-state index contributed by atoms with van der Waals surface area (Å²) in [6.07, 6.45) is 3.73. The number of amides is 2. The first-order chi connectivity index (χ1) is 7.41. The summed E-state index contributed by atoms with van der Waals surface area (Å²) in [7, 11) is 0. The molecule has 1 aliphatic rings. The van der Waals surface area contributed by atoms with Gasteiger partial charge in [-0.25, -0.2) is 4.79 Å². The number of carboxylic acids is 1. The fraction of sp³-hybridized carbons (Fsp3) is 0.818. The van der Waals surface area contributed by atoms with Crippen molar-refractivity contribution in [3.8, 4) is 0 Å². The molecular formula is C11H20N2O3. The first kappa shape index (κ1) is 12.8. The fourth-order valence-corrected chi connectivity index (χ4v) is 1.78. The molecule has 0 radical (unpaired) electrons. The summed E-state index contributed by atoms with van der Waals surface area (Å²) in [5.74, 6) is -0.833. The zero-order valence-corrected chi connectivity index (χ0v) is 9.88. The van der Waals surface area contributed by atoms with Crippen molar-refractivity contribution in [3.63, 3.8) is 0 Å². The monoisotopic (exact) mass is 228 g/mol. The smallest absolute Gasteiger partial charge is 0.315 e. The van der Waals surface area contributed by atoms with E-state index in [1.807, 2.05) is 13.8 Å². The Bertz CT molecular complexity index is 274. The molecule has 0 bridgehead atoms. The lowest BCUT2D eigenvalue weighted by atomic mass is 9.79. The number of carbonyl (C=O) groups is 2. The van der Waals surface area contributed by atoms with Crippen LogP contribution in [0.2, 0.25) is 0 Å². The van der Waals surface area contributed by atoms with Crippen LogP contribution in [0.25, 0.3) is 0 Å². The van der Waals surface area contributed by atoms with Gasteiger partial charge in [-0.2, -0.15) is 0 Å². The molecule has 2 amide bonds. The molecule has 1 atom stereocenters. The molecule has 0 saturated heterocycles. The van der Waals surface area contributed by atoms with Crippen molar-refractivity contribution in [3.05, 3.63) is 0 Å². The average Bonchev–Trinajstić information content (AvgIpc) is 2.12. The molecule has 1 unspecified atom stereocenters. The van der Waals surface area contributed by atoms with E-state index in [-0.39, 0.29) is 24.0 Å². The van der Waals surface area contributed by atoms with Gasteiger partial charge < -0.3 is 15.7 Å². The van der Waals surface area contributed by atoms with Crippen LogP contribution >= 0.6 is 0 Å². The van der Waals surface area contributed by atoms with E-state index >= 15 is 0 Å². The molecule has 1 saturated carbocycles. The molecule has 5 heteroatoms. The van der Waals surface area contributed by atoms with Gasteiger partial charge in [0.1, 0.15) is 0 Å². The predicted octanol–water partition coefficient (Wildman–Crippen LogP) is 1.48. The molecule has 0 heterocycles. The summed E-state index contributed by atoms with van der Waals surface area (Å²) in [6, 6.07) is -0.306. The molecule has 5 nitrogen and oxygen atoms in total. The van der Waals surface area contributed by atoms with Crippen LogP contribution in [0.1, 0.15) is 46.0 Å². The third-order valence-electron chi connectivity index (χ3n) is 3.04. The largest absolute Gasteiger partial charge is 0.481 e. The maximum Gasteiger partial charge on any atom is 0.315 e. The second-order valence-corrected chi connectivity index (χ2v) is 4.85. The maximum atomic E-state index is 11.5. The summed E-state index contributed by atoms with van der Waals surface area (Å²) >= 11 is 0. The van der Waals surface area contributed by atoms with Crippen molar-refractivity contribution in [1.29, 1.82) is 0 Å². The van der Waals surface area contributed by atoms with Crippen molar-refractivity contribution >= 4 is 12.0 Å². The van der Waals surface area contributed by atoms with Crippen LogP contribution in [-0.4, -0.2) is 28.7 Å². The minimum atomic E-state index is -0.833. The van der Waals surface area contributed by atoms with E-state index < -0.39 is 5.97 Å². The van der Waals surface area contributed by atoms with Crippen LogP contribution in [0, 0.1) is 0 Å². The standard InChI is InChI=1S/C11H20N2O3/c1-8(4-5-9(14)15)12-10(16)13-11(2)6-3-7-11/h8H,3-7H2,1-2H3,(H,14,15)(H2,12,13,16). The highest BCUT2D eigenvalue weighted by molar-refractivity contribution is 5.75. The van der Waals surface area contributed by atoms with Gasteiger partial charge in [-0.3, -0.25) is 4.79 Å². The van der Waals surface area contributed by atoms with E-state index in [9.17, 15) is 9.59 Å². The van der Waals surface area contributed by atoms with Crippen molar-refractivity contribution in [2.24, 2.45) is 0 Å². The Balaban J connectivity index is 2.20.